The van der Waals surface area contributed by atoms with Gasteiger partial charge >= 0.3 is 0 Å². The highest BCUT2D eigenvalue weighted by molar-refractivity contribution is 5.43. The number of phenols is 1. The van der Waals surface area contributed by atoms with E-state index < -0.39 is 0 Å². The average Bonchev–Trinajstić information content (AvgIpc) is 2.41. The van der Waals surface area contributed by atoms with Crippen LogP contribution in [-0.4, -0.2) is 10.3 Å². The average molecular weight is 271 g/mol. The second-order valence-corrected chi connectivity index (χ2v) is 6.00. The molecule has 0 aromatic heterocycles. The fourth-order valence-corrected chi connectivity index (χ4v) is 2.32. The van der Waals surface area contributed by atoms with Gasteiger partial charge in [0, 0.05) is 0 Å². The van der Waals surface area contributed by atoms with Gasteiger partial charge in [-0.2, -0.15) is 5.48 Å². The Kier molecular flexibility index (Phi) is 4.12. The van der Waals surface area contributed by atoms with E-state index >= 15 is 0 Å². The molecule has 0 heterocycles. The lowest BCUT2D eigenvalue weighted by molar-refractivity contribution is 0.141. The first-order valence-corrected chi connectivity index (χ1v) is 6.71. The highest BCUT2D eigenvalue weighted by Gasteiger charge is 2.21. The standard InChI is InChI=1S/C17H21NO2/c1-17(2,3)14-11-13(9-10-15(14)19)16(18-20)12-7-5-4-6-8-12/h4-11,16,18-20H,1-3H3. The van der Waals surface area contributed by atoms with Crippen LogP contribution in [-0.2, 0) is 5.41 Å². The molecule has 0 radical (unpaired) electrons. The molecule has 106 valence electrons. The van der Waals surface area contributed by atoms with Crippen molar-refractivity contribution in [2.75, 3.05) is 0 Å². The second kappa shape index (κ2) is 5.65. The normalized spacial score (nSPS) is 13.2. The Morgan fingerprint density at radius 2 is 1.60 bits per heavy atom. The number of hydrogen-bond acceptors (Lipinski definition) is 3. The van der Waals surface area contributed by atoms with Crippen molar-refractivity contribution < 1.29 is 10.3 Å². The van der Waals surface area contributed by atoms with Crippen LogP contribution in [0, 0.1) is 0 Å². The van der Waals surface area contributed by atoms with Crippen molar-refractivity contribution in [2.45, 2.75) is 32.2 Å². The summed E-state index contributed by atoms with van der Waals surface area (Å²) in [5.41, 5.74) is 4.95. The summed E-state index contributed by atoms with van der Waals surface area (Å²) in [4.78, 5) is 0. The van der Waals surface area contributed by atoms with E-state index in [1.54, 1.807) is 6.07 Å². The van der Waals surface area contributed by atoms with Gasteiger partial charge in [0.15, 0.2) is 0 Å². The minimum atomic E-state index is -0.308. The minimum absolute atomic E-state index is 0.156. The maximum atomic E-state index is 10.0. The molecule has 0 fully saturated rings. The zero-order valence-electron chi connectivity index (χ0n) is 12.1. The van der Waals surface area contributed by atoms with Crippen LogP contribution in [0.1, 0.15) is 43.5 Å². The van der Waals surface area contributed by atoms with Crippen LogP contribution in [0.4, 0.5) is 0 Å². The molecule has 3 N–H and O–H groups in total. The molecule has 2 rings (SSSR count). The van der Waals surface area contributed by atoms with E-state index in [0.717, 1.165) is 16.7 Å². The Morgan fingerprint density at radius 3 is 2.15 bits per heavy atom. The number of hydroxylamine groups is 1. The van der Waals surface area contributed by atoms with E-state index in [0.29, 0.717) is 0 Å². The molecule has 0 saturated carbocycles. The van der Waals surface area contributed by atoms with Crippen LogP contribution in [0.25, 0.3) is 0 Å². The van der Waals surface area contributed by atoms with Crippen LogP contribution in [0.3, 0.4) is 0 Å². The van der Waals surface area contributed by atoms with E-state index in [1.165, 1.54) is 0 Å². The summed E-state index contributed by atoms with van der Waals surface area (Å²) >= 11 is 0. The molecule has 0 amide bonds. The number of phenolic OH excluding ortho intramolecular Hbond substituents is 1. The Balaban J connectivity index is 2.46. The molecule has 0 aliphatic carbocycles. The van der Waals surface area contributed by atoms with E-state index in [9.17, 15) is 10.3 Å². The molecule has 1 unspecified atom stereocenters. The number of hydrogen-bond donors (Lipinski definition) is 3. The molecule has 1 atom stereocenters. The molecular weight excluding hydrogens is 250 g/mol. The molecule has 0 aliphatic rings. The predicted octanol–water partition coefficient (Wildman–Crippen LogP) is 3.76. The Hall–Kier alpha value is -1.84. The fourth-order valence-electron chi connectivity index (χ4n) is 2.32. The Bertz CT molecular complexity index is 573. The van der Waals surface area contributed by atoms with Crippen molar-refractivity contribution in [2.24, 2.45) is 0 Å². The molecule has 0 bridgehead atoms. The smallest absolute Gasteiger partial charge is 0.119 e. The Morgan fingerprint density at radius 1 is 0.950 bits per heavy atom. The van der Waals surface area contributed by atoms with Gasteiger partial charge in [0.1, 0.15) is 5.75 Å². The number of nitrogens with one attached hydrogen (secondary N) is 1. The summed E-state index contributed by atoms with van der Waals surface area (Å²) in [6, 6.07) is 14.9. The van der Waals surface area contributed by atoms with Crippen LogP contribution in [0.2, 0.25) is 0 Å². The van der Waals surface area contributed by atoms with E-state index in [4.69, 9.17) is 0 Å². The zero-order valence-corrected chi connectivity index (χ0v) is 12.1. The molecule has 3 heteroatoms. The van der Waals surface area contributed by atoms with E-state index in [1.807, 2.05) is 42.5 Å². The zero-order chi connectivity index (χ0) is 14.8. The van der Waals surface area contributed by atoms with Gasteiger partial charge in [-0.05, 0) is 34.2 Å². The van der Waals surface area contributed by atoms with Gasteiger partial charge in [0.05, 0.1) is 6.04 Å². The third kappa shape index (κ3) is 3.00. The number of aromatic hydroxyl groups is 1. The first kappa shape index (κ1) is 14.6. The van der Waals surface area contributed by atoms with Gasteiger partial charge in [-0.25, -0.2) is 0 Å². The third-order valence-electron chi connectivity index (χ3n) is 3.42. The molecule has 0 aliphatic heterocycles. The summed E-state index contributed by atoms with van der Waals surface area (Å²) in [6.07, 6.45) is 0. The van der Waals surface area contributed by atoms with Crippen molar-refractivity contribution in [1.82, 2.24) is 5.48 Å². The van der Waals surface area contributed by atoms with Crippen molar-refractivity contribution in [1.29, 1.82) is 0 Å². The molecular formula is C17H21NO2. The van der Waals surface area contributed by atoms with E-state index in [-0.39, 0.29) is 17.2 Å². The van der Waals surface area contributed by atoms with Gasteiger partial charge in [0.2, 0.25) is 0 Å². The molecule has 20 heavy (non-hydrogen) atoms. The third-order valence-corrected chi connectivity index (χ3v) is 3.42. The lowest BCUT2D eigenvalue weighted by Gasteiger charge is -2.23. The van der Waals surface area contributed by atoms with Gasteiger partial charge in [-0.15, -0.1) is 0 Å². The number of rotatable bonds is 3. The maximum Gasteiger partial charge on any atom is 0.119 e. The van der Waals surface area contributed by atoms with Gasteiger partial charge in [0.25, 0.3) is 0 Å². The molecule has 2 aromatic rings. The lowest BCUT2D eigenvalue weighted by Crippen LogP contribution is -2.19. The van der Waals surface area contributed by atoms with Crippen molar-refractivity contribution >= 4 is 0 Å². The predicted molar refractivity (Wildman–Crippen MR) is 80.0 cm³/mol. The monoisotopic (exact) mass is 271 g/mol. The quantitative estimate of drug-likeness (QED) is 0.745. The lowest BCUT2D eigenvalue weighted by atomic mass is 9.84. The van der Waals surface area contributed by atoms with Crippen molar-refractivity contribution in [3.63, 3.8) is 0 Å². The topological polar surface area (TPSA) is 52.5 Å². The molecule has 2 aromatic carbocycles. The highest BCUT2D eigenvalue weighted by atomic mass is 16.5. The van der Waals surface area contributed by atoms with Crippen molar-refractivity contribution in [3.05, 3.63) is 65.2 Å². The first-order valence-electron chi connectivity index (χ1n) is 6.71. The van der Waals surface area contributed by atoms with Gasteiger partial charge in [-0.3, -0.25) is 0 Å². The summed E-state index contributed by atoms with van der Waals surface area (Å²) in [5.74, 6) is 0.283. The Labute approximate surface area is 119 Å². The van der Waals surface area contributed by atoms with Crippen LogP contribution in [0.15, 0.2) is 48.5 Å². The molecule has 3 nitrogen and oxygen atoms in total. The maximum absolute atomic E-state index is 10.0. The minimum Gasteiger partial charge on any atom is -0.508 e. The fraction of sp³-hybridized carbons (Fsp3) is 0.294. The van der Waals surface area contributed by atoms with Crippen molar-refractivity contribution in [3.8, 4) is 5.75 Å². The summed E-state index contributed by atoms with van der Waals surface area (Å²) in [5, 5.41) is 19.5. The molecule has 0 spiro atoms. The molecule has 0 saturated heterocycles. The van der Waals surface area contributed by atoms with E-state index in [2.05, 4.69) is 26.3 Å². The van der Waals surface area contributed by atoms with Crippen LogP contribution >= 0.6 is 0 Å². The number of benzene rings is 2. The van der Waals surface area contributed by atoms with Gasteiger partial charge in [-0.1, -0.05) is 57.2 Å². The summed E-state index contributed by atoms with van der Waals surface area (Å²) in [7, 11) is 0. The summed E-state index contributed by atoms with van der Waals surface area (Å²) < 4.78 is 0. The SMILES string of the molecule is CC(C)(C)c1cc(C(NO)c2ccccc2)ccc1O. The largest absolute Gasteiger partial charge is 0.508 e. The first-order chi connectivity index (χ1) is 9.43. The summed E-state index contributed by atoms with van der Waals surface area (Å²) in [6.45, 7) is 6.15. The van der Waals surface area contributed by atoms with Crippen LogP contribution < -0.4 is 5.48 Å². The highest BCUT2D eigenvalue weighted by Crippen LogP contribution is 2.33. The van der Waals surface area contributed by atoms with Gasteiger partial charge < -0.3 is 10.3 Å². The van der Waals surface area contributed by atoms with Crippen LogP contribution in [0.5, 0.6) is 5.75 Å². The second-order valence-electron chi connectivity index (χ2n) is 6.00.